The molecule has 0 spiro atoms. The zero-order valence-electron chi connectivity index (χ0n) is 20.6. The van der Waals surface area contributed by atoms with E-state index in [4.69, 9.17) is 4.74 Å². The molecule has 3 atom stereocenters. The van der Waals surface area contributed by atoms with Crippen LogP contribution in [0.5, 0.6) is 0 Å². The Bertz CT molecular complexity index is 415. The van der Waals surface area contributed by atoms with Crippen molar-refractivity contribution in [2.45, 2.75) is 115 Å². The molecule has 0 fully saturated rings. The van der Waals surface area contributed by atoms with Crippen molar-refractivity contribution in [2.75, 3.05) is 0 Å². The Labute approximate surface area is 171 Å². The van der Waals surface area contributed by atoms with Gasteiger partial charge in [0.05, 0.1) is 5.92 Å². The van der Waals surface area contributed by atoms with Crippen LogP contribution in [0.1, 0.15) is 109 Å². The summed E-state index contributed by atoms with van der Waals surface area (Å²) in [6.45, 7) is 26.9. The molecule has 0 bridgehead atoms. The summed E-state index contributed by atoms with van der Waals surface area (Å²) in [6.07, 6.45) is 4.29. The average molecular weight is 383 g/mol. The third kappa shape index (κ3) is 11.8. The number of rotatable bonds is 10. The molecule has 0 rings (SSSR count). The molecule has 0 aromatic rings. The van der Waals surface area contributed by atoms with Gasteiger partial charge in [-0.05, 0) is 60.2 Å². The molecule has 0 heterocycles. The van der Waals surface area contributed by atoms with Gasteiger partial charge in [0.2, 0.25) is 0 Å². The second kappa shape index (κ2) is 10.9. The molecule has 0 amide bonds. The zero-order chi connectivity index (χ0) is 21.6. The van der Waals surface area contributed by atoms with Crippen molar-refractivity contribution in [1.29, 1.82) is 0 Å². The second-order valence-electron chi connectivity index (χ2n) is 12.2. The number of ether oxygens (including phenoxy) is 1. The normalized spacial score (nSPS) is 16.7. The van der Waals surface area contributed by atoms with Crippen molar-refractivity contribution < 1.29 is 9.53 Å². The van der Waals surface area contributed by atoms with Gasteiger partial charge in [0, 0.05) is 0 Å². The molecule has 27 heavy (non-hydrogen) atoms. The van der Waals surface area contributed by atoms with E-state index in [1.54, 1.807) is 0 Å². The first kappa shape index (κ1) is 26.5. The van der Waals surface area contributed by atoms with Crippen molar-refractivity contribution in [1.82, 2.24) is 0 Å². The monoisotopic (exact) mass is 382 g/mol. The first-order valence-electron chi connectivity index (χ1n) is 11.2. The van der Waals surface area contributed by atoms with Crippen molar-refractivity contribution in [2.24, 2.45) is 40.4 Å². The summed E-state index contributed by atoms with van der Waals surface area (Å²) in [6, 6.07) is 0. The molecule has 3 unspecified atom stereocenters. The fraction of sp³-hybridized carbons (Fsp3) is 0.960. The van der Waals surface area contributed by atoms with E-state index in [1.807, 2.05) is 0 Å². The molecular weight excluding hydrogens is 332 g/mol. The Morgan fingerprint density at radius 1 is 0.741 bits per heavy atom. The van der Waals surface area contributed by atoms with Crippen molar-refractivity contribution in [3.8, 4) is 0 Å². The van der Waals surface area contributed by atoms with E-state index >= 15 is 0 Å². The number of carbonyl (C=O) groups is 1. The lowest BCUT2D eigenvalue weighted by Crippen LogP contribution is -2.35. The van der Waals surface area contributed by atoms with Gasteiger partial charge in [-0.1, -0.05) is 83.1 Å². The molecule has 0 radical (unpaired) electrons. The molecule has 0 aromatic carbocycles. The van der Waals surface area contributed by atoms with Gasteiger partial charge in [0.15, 0.2) is 0 Å². The summed E-state index contributed by atoms with van der Waals surface area (Å²) in [4.78, 5) is 13.2. The minimum Gasteiger partial charge on any atom is -0.462 e. The van der Waals surface area contributed by atoms with Gasteiger partial charge in [-0.3, -0.25) is 4.79 Å². The number of carbonyl (C=O) groups excluding carboxylic acids is 1. The minimum absolute atomic E-state index is 0.00615. The van der Waals surface area contributed by atoms with Crippen LogP contribution in [-0.2, 0) is 9.53 Å². The second-order valence-corrected chi connectivity index (χ2v) is 12.2. The summed E-state index contributed by atoms with van der Waals surface area (Å²) in [5.41, 5.74) is 0.567. The molecule has 0 aliphatic carbocycles. The third-order valence-corrected chi connectivity index (χ3v) is 5.42. The van der Waals surface area contributed by atoms with E-state index in [0.29, 0.717) is 29.1 Å². The van der Waals surface area contributed by atoms with Gasteiger partial charge in [0.25, 0.3) is 0 Å². The number of hydrogen-bond donors (Lipinski definition) is 0. The molecule has 0 saturated heterocycles. The third-order valence-electron chi connectivity index (χ3n) is 5.42. The van der Waals surface area contributed by atoms with Gasteiger partial charge in [-0.15, -0.1) is 0 Å². The zero-order valence-corrected chi connectivity index (χ0v) is 20.6. The molecule has 0 aliphatic rings. The Morgan fingerprint density at radius 3 is 1.56 bits per heavy atom. The molecule has 2 nitrogen and oxygen atoms in total. The van der Waals surface area contributed by atoms with Gasteiger partial charge in [-0.2, -0.15) is 0 Å². The van der Waals surface area contributed by atoms with Crippen molar-refractivity contribution >= 4 is 5.97 Å². The predicted octanol–water partition coefficient (Wildman–Crippen LogP) is 7.75. The Hall–Kier alpha value is -0.530. The first-order valence-corrected chi connectivity index (χ1v) is 11.2. The standard InChI is InChI=1S/C25H50O2/c1-17(2)22(18(3)4)27-23(26)21(20(6)16-25(10,11)12)14-13-19(5)15-24(7,8)9/h17-22H,13-16H2,1-12H3. The molecule has 0 N–H and O–H groups in total. The van der Waals surface area contributed by atoms with Gasteiger partial charge in [0.1, 0.15) is 6.10 Å². The Morgan fingerprint density at radius 2 is 1.19 bits per heavy atom. The molecule has 162 valence electrons. The lowest BCUT2D eigenvalue weighted by atomic mass is 9.76. The van der Waals surface area contributed by atoms with Crippen LogP contribution >= 0.6 is 0 Å². The smallest absolute Gasteiger partial charge is 0.309 e. The fourth-order valence-electron chi connectivity index (χ4n) is 4.62. The highest BCUT2D eigenvalue weighted by atomic mass is 16.5. The maximum absolute atomic E-state index is 13.2. The van der Waals surface area contributed by atoms with Gasteiger partial charge >= 0.3 is 5.97 Å². The maximum atomic E-state index is 13.2. The van der Waals surface area contributed by atoms with E-state index in [9.17, 15) is 4.79 Å². The molecule has 2 heteroatoms. The van der Waals surface area contributed by atoms with E-state index in [0.717, 1.165) is 19.3 Å². The highest BCUT2D eigenvalue weighted by Crippen LogP contribution is 2.35. The maximum Gasteiger partial charge on any atom is 0.309 e. The van der Waals surface area contributed by atoms with Crippen LogP contribution in [0.2, 0.25) is 0 Å². The highest BCUT2D eigenvalue weighted by molar-refractivity contribution is 5.73. The largest absolute Gasteiger partial charge is 0.462 e. The fourth-order valence-corrected chi connectivity index (χ4v) is 4.62. The van der Waals surface area contributed by atoms with Crippen LogP contribution in [-0.4, -0.2) is 12.1 Å². The molecule has 0 saturated carbocycles. The predicted molar refractivity (Wildman–Crippen MR) is 119 cm³/mol. The molecule has 0 aliphatic heterocycles. The lowest BCUT2D eigenvalue weighted by molar-refractivity contribution is -0.161. The average Bonchev–Trinajstić information content (AvgIpc) is 2.40. The summed E-state index contributed by atoms with van der Waals surface area (Å²) in [5.74, 6) is 1.72. The van der Waals surface area contributed by atoms with Crippen LogP contribution in [0.25, 0.3) is 0 Å². The van der Waals surface area contributed by atoms with E-state index in [-0.39, 0.29) is 23.4 Å². The van der Waals surface area contributed by atoms with Crippen LogP contribution in [0, 0.1) is 40.4 Å². The quantitative estimate of drug-likeness (QED) is 0.361. The van der Waals surface area contributed by atoms with E-state index < -0.39 is 0 Å². The lowest BCUT2D eigenvalue weighted by Gasteiger charge is -2.32. The Balaban J connectivity index is 5.20. The van der Waals surface area contributed by atoms with Gasteiger partial charge < -0.3 is 4.74 Å². The van der Waals surface area contributed by atoms with E-state index in [2.05, 4.69) is 83.1 Å². The van der Waals surface area contributed by atoms with Gasteiger partial charge in [-0.25, -0.2) is 0 Å². The van der Waals surface area contributed by atoms with Crippen molar-refractivity contribution in [3.63, 3.8) is 0 Å². The molecular formula is C25H50O2. The molecule has 0 aromatic heterocycles. The SMILES string of the molecule is CC(CCC(C(=O)OC(C(C)C)C(C)C)C(C)CC(C)(C)C)CC(C)(C)C. The van der Waals surface area contributed by atoms with Crippen molar-refractivity contribution in [3.05, 3.63) is 0 Å². The topological polar surface area (TPSA) is 26.3 Å². The summed E-state index contributed by atoms with van der Waals surface area (Å²) in [5, 5.41) is 0. The Kier molecular flexibility index (Phi) is 10.6. The summed E-state index contributed by atoms with van der Waals surface area (Å²) < 4.78 is 6.07. The number of hydrogen-bond acceptors (Lipinski definition) is 2. The highest BCUT2D eigenvalue weighted by Gasteiger charge is 2.33. The first-order chi connectivity index (χ1) is 12.0. The van der Waals surface area contributed by atoms with Crippen LogP contribution in [0.15, 0.2) is 0 Å². The van der Waals surface area contributed by atoms with Crippen LogP contribution < -0.4 is 0 Å². The minimum atomic E-state index is 0.00615. The van der Waals surface area contributed by atoms with E-state index in [1.165, 1.54) is 6.42 Å². The number of esters is 1. The summed E-state index contributed by atoms with van der Waals surface area (Å²) >= 11 is 0. The van der Waals surface area contributed by atoms with Crippen LogP contribution in [0.4, 0.5) is 0 Å². The summed E-state index contributed by atoms with van der Waals surface area (Å²) in [7, 11) is 0. The van der Waals surface area contributed by atoms with Crippen LogP contribution in [0.3, 0.4) is 0 Å².